The van der Waals surface area contributed by atoms with Crippen LogP contribution >= 0.6 is 0 Å². The summed E-state index contributed by atoms with van der Waals surface area (Å²) in [4.78, 5) is 11.9. The summed E-state index contributed by atoms with van der Waals surface area (Å²) in [6.07, 6.45) is 0. The first-order valence-electron chi connectivity index (χ1n) is 5.41. The molecular weight excluding hydrogens is 202 g/mol. The van der Waals surface area contributed by atoms with Gasteiger partial charge in [0.1, 0.15) is 5.75 Å². The molecule has 0 bridgehead atoms. The van der Waals surface area contributed by atoms with Crippen molar-refractivity contribution in [2.24, 2.45) is 5.41 Å². The van der Waals surface area contributed by atoms with Crippen LogP contribution in [-0.2, 0) is 0 Å². The van der Waals surface area contributed by atoms with E-state index in [9.17, 15) is 9.90 Å². The molecule has 1 aromatic rings. The summed E-state index contributed by atoms with van der Waals surface area (Å²) in [7, 11) is 0. The Morgan fingerprint density at radius 1 is 1.31 bits per heavy atom. The van der Waals surface area contributed by atoms with Gasteiger partial charge in [-0.15, -0.1) is 0 Å². The van der Waals surface area contributed by atoms with E-state index in [4.69, 9.17) is 0 Å². The Balaban J connectivity index is 2.78. The minimum atomic E-state index is -0.236. The molecule has 0 spiro atoms. The zero-order chi connectivity index (χ0) is 12.3. The van der Waals surface area contributed by atoms with E-state index in [1.807, 2.05) is 6.92 Å². The third-order valence-electron chi connectivity index (χ3n) is 2.80. The molecule has 2 N–H and O–H groups in total. The van der Waals surface area contributed by atoms with Crippen molar-refractivity contribution in [3.63, 3.8) is 0 Å². The van der Waals surface area contributed by atoms with Gasteiger partial charge in [0.05, 0.1) is 5.56 Å². The minimum Gasteiger partial charge on any atom is -0.507 e. The molecule has 0 aliphatic carbocycles. The molecule has 0 aliphatic rings. The van der Waals surface area contributed by atoms with Crippen LogP contribution in [0.25, 0.3) is 0 Å². The zero-order valence-electron chi connectivity index (χ0n) is 10.2. The number of carbonyl (C=O) groups is 1. The molecule has 16 heavy (non-hydrogen) atoms. The van der Waals surface area contributed by atoms with Crippen molar-refractivity contribution in [1.29, 1.82) is 0 Å². The van der Waals surface area contributed by atoms with Crippen molar-refractivity contribution in [3.05, 3.63) is 29.8 Å². The lowest BCUT2D eigenvalue weighted by atomic mass is 9.88. The summed E-state index contributed by atoms with van der Waals surface area (Å²) in [5, 5.41) is 12.4. The Labute approximate surface area is 96.5 Å². The zero-order valence-corrected chi connectivity index (χ0v) is 10.2. The number of carbonyl (C=O) groups excluding carboxylic acids is 1. The summed E-state index contributed by atoms with van der Waals surface area (Å²) in [5.74, 6) is -0.221. The van der Waals surface area contributed by atoms with Gasteiger partial charge in [0, 0.05) is 6.04 Å². The number of nitrogens with one attached hydrogen (secondary N) is 1. The molecule has 1 aromatic carbocycles. The quantitative estimate of drug-likeness (QED) is 0.806. The van der Waals surface area contributed by atoms with E-state index < -0.39 is 0 Å². The fraction of sp³-hybridized carbons (Fsp3) is 0.462. The van der Waals surface area contributed by atoms with Gasteiger partial charge in [-0.3, -0.25) is 4.79 Å². The first-order valence-corrected chi connectivity index (χ1v) is 5.41. The third-order valence-corrected chi connectivity index (χ3v) is 2.80. The Morgan fingerprint density at radius 2 is 1.88 bits per heavy atom. The van der Waals surface area contributed by atoms with Crippen LogP contribution in [0, 0.1) is 5.41 Å². The standard InChI is InChI=1S/C13H19NO2/c1-9(13(2,3)4)14-12(16)10-7-5-6-8-11(10)15/h5-9,15H,1-4H3,(H,14,16)/t9-/m0/s1. The van der Waals surface area contributed by atoms with Gasteiger partial charge in [0.25, 0.3) is 5.91 Å². The fourth-order valence-corrected chi connectivity index (χ4v) is 1.16. The molecule has 0 saturated heterocycles. The SMILES string of the molecule is C[C@H](NC(=O)c1ccccc1O)C(C)(C)C. The number of rotatable bonds is 2. The average Bonchev–Trinajstić information content (AvgIpc) is 2.16. The van der Waals surface area contributed by atoms with Crippen molar-refractivity contribution >= 4 is 5.91 Å². The summed E-state index contributed by atoms with van der Waals surface area (Å²) in [5.41, 5.74) is 0.318. The van der Waals surface area contributed by atoms with Crippen LogP contribution in [0.4, 0.5) is 0 Å². The average molecular weight is 221 g/mol. The predicted molar refractivity (Wildman–Crippen MR) is 64.5 cm³/mol. The Morgan fingerprint density at radius 3 is 2.38 bits per heavy atom. The van der Waals surface area contributed by atoms with E-state index in [1.54, 1.807) is 18.2 Å². The molecule has 88 valence electrons. The van der Waals surface area contributed by atoms with Crippen LogP contribution in [0.3, 0.4) is 0 Å². The number of para-hydroxylation sites is 1. The molecule has 1 amide bonds. The highest BCUT2D eigenvalue weighted by Crippen LogP contribution is 2.20. The van der Waals surface area contributed by atoms with Gasteiger partial charge in [-0.25, -0.2) is 0 Å². The molecule has 0 saturated carbocycles. The van der Waals surface area contributed by atoms with Gasteiger partial charge in [-0.2, -0.15) is 0 Å². The highest BCUT2D eigenvalue weighted by atomic mass is 16.3. The smallest absolute Gasteiger partial charge is 0.255 e. The summed E-state index contributed by atoms with van der Waals surface area (Å²) >= 11 is 0. The molecule has 3 heteroatoms. The monoisotopic (exact) mass is 221 g/mol. The second kappa shape index (κ2) is 4.56. The summed E-state index contributed by atoms with van der Waals surface area (Å²) in [6.45, 7) is 8.13. The highest BCUT2D eigenvalue weighted by molar-refractivity contribution is 5.96. The van der Waals surface area contributed by atoms with Crippen LogP contribution in [0.2, 0.25) is 0 Å². The number of phenols is 1. The maximum atomic E-state index is 11.9. The van der Waals surface area contributed by atoms with E-state index in [0.717, 1.165) is 0 Å². The number of phenolic OH excluding ortho intramolecular Hbond substituents is 1. The number of benzene rings is 1. The lowest BCUT2D eigenvalue weighted by Gasteiger charge is -2.28. The van der Waals surface area contributed by atoms with Crippen LogP contribution < -0.4 is 5.32 Å². The molecule has 0 heterocycles. The van der Waals surface area contributed by atoms with Crippen molar-refractivity contribution in [2.45, 2.75) is 33.7 Å². The lowest BCUT2D eigenvalue weighted by Crippen LogP contribution is -2.41. The molecule has 0 fully saturated rings. The van der Waals surface area contributed by atoms with Crippen LogP contribution in [-0.4, -0.2) is 17.1 Å². The highest BCUT2D eigenvalue weighted by Gasteiger charge is 2.22. The van der Waals surface area contributed by atoms with Crippen LogP contribution in [0.15, 0.2) is 24.3 Å². The Bertz CT molecular complexity index is 380. The van der Waals surface area contributed by atoms with Crippen molar-refractivity contribution in [2.75, 3.05) is 0 Å². The molecule has 0 aliphatic heterocycles. The summed E-state index contributed by atoms with van der Waals surface area (Å²) in [6, 6.07) is 6.59. The van der Waals surface area contributed by atoms with E-state index in [0.29, 0.717) is 5.56 Å². The van der Waals surface area contributed by atoms with E-state index in [-0.39, 0.29) is 23.1 Å². The lowest BCUT2D eigenvalue weighted by molar-refractivity contribution is 0.0907. The molecule has 0 radical (unpaired) electrons. The topological polar surface area (TPSA) is 49.3 Å². The molecule has 0 unspecified atom stereocenters. The predicted octanol–water partition coefficient (Wildman–Crippen LogP) is 2.56. The van der Waals surface area contributed by atoms with Crippen molar-refractivity contribution < 1.29 is 9.90 Å². The molecule has 1 rings (SSSR count). The van der Waals surface area contributed by atoms with Gasteiger partial charge in [-0.05, 0) is 24.5 Å². The Hall–Kier alpha value is -1.51. The normalized spacial score (nSPS) is 13.2. The van der Waals surface area contributed by atoms with Gasteiger partial charge in [0.15, 0.2) is 0 Å². The molecule has 1 atom stereocenters. The van der Waals surface area contributed by atoms with Crippen LogP contribution in [0.5, 0.6) is 5.75 Å². The first-order chi connectivity index (χ1) is 7.32. The van der Waals surface area contributed by atoms with E-state index in [2.05, 4.69) is 26.1 Å². The van der Waals surface area contributed by atoms with Crippen molar-refractivity contribution in [1.82, 2.24) is 5.32 Å². The molecule has 0 aromatic heterocycles. The number of hydrogen-bond donors (Lipinski definition) is 2. The molecular formula is C13H19NO2. The van der Waals surface area contributed by atoms with Crippen molar-refractivity contribution in [3.8, 4) is 5.75 Å². The van der Waals surface area contributed by atoms with Crippen LogP contribution in [0.1, 0.15) is 38.1 Å². The summed E-state index contributed by atoms with van der Waals surface area (Å²) < 4.78 is 0. The van der Waals surface area contributed by atoms with E-state index >= 15 is 0 Å². The first kappa shape index (κ1) is 12.6. The maximum Gasteiger partial charge on any atom is 0.255 e. The second-order valence-corrected chi connectivity index (χ2v) is 5.08. The number of hydrogen-bond acceptors (Lipinski definition) is 2. The van der Waals surface area contributed by atoms with Gasteiger partial charge in [-0.1, -0.05) is 32.9 Å². The largest absolute Gasteiger partial charge is 0.507 e. The molecule has 3 nitrogen and oxygen atoms in total. The maximum absolute atomic E-state index is 11.9. The second-order valence-electron chi connectivity index (χ2n) is 5.08. The van der Waals surface area contributed by atoms with Gasteiger partial charge < -0.3 is 10.4 Å². The third kappa shape index (κ3) is 2.99. The minimum absolute atomic E-state index is 0.0000589. The Kier molecular flexibility index (Phi) is 3.58. The van der Waals surface area contributed by atoms with E-state index in [1.165, 1.54) is 6.07 Å². The number of amides is 1. The number of aromatic hydroxyl groups is 1. The van der Waals surface area contributed by atoms with Gasteiger partial charge >= 0.3 is 0 Å². The fourth-order valence-electron chi connectivity index (χ4n) is 1.16. The van der Waals surface area contributed by atoms with Gasteiger partial charge in [0.2, 0.25) is 0 Å².